The molecule has 0 spiro atoms. The van der Waals surface area contributed by atoms with Gasteiger partial charge in [-0.1, -0.05) is 34.6 Å². The Hall–Kier alpha value is -0.0400. The molecule has 0 aromatic carbocycles. The molecule has 1 aliphatic heterocycles. The summed E-state index contributed by atoms with van der Waals surface area (Å²) in [4.78, 5) is 2.64. The first kappa shape index (κ1) is 13.0. The Bertz CT molecular complexity index is 166. The first-order valence-electron chi connectivity index (χ1n) is 6.75. The molecule has 1 heterocycles. The highest BCUT2D eigenvalue weighted by Gasteiger charge is 2.39. The van der Waals surface area contributed by atoms with Gasteiger partial charge in [-0.3, -0.25) is 0 Å². The van der Waals surface area contributed by atoms with Gasteiger partial charge in [-0.25, -0.2) is 0 Å². The average molecular weight is 211 g/mol. The SMILES string of the molecule is CCCN1CCC(C(C)C)(C(C)C)CC1. The summed E-state index contributed by atoms with van der Waals surface area (Å²) in [5.74, 6) is 1.67. The maximum absolute atomic E-state index is 2.64. The number of piperidine rings is 1. The first-order valence-corrected chi connectivity index (χ1v) is 6.75. The third-order valence-corrected chi connectivity index (χ3v) is 4.63. The van der Waals surface area contributed by atoms with E-state index < -0.39 is 0 Å². The molecule has 0 aromatic rings. The minimum Gasteiger partial charge on any atom is -0.303 e. The van der Waals surface area contributed by atoms with Gasteiger partial charge in [0.05, 0.1) is 0 Å². The minimum absolute atomic E-state index is 0.615. The monoisotopic (exact) mass is 211 g/mol. The molecule has 0 aliphatic carbocycles. The molecule has 15 heavy (non-hydrogen) atoms. The Morgan fingerprint density at radius 2 is 1.47 bits per heavy atom. The number of likely N-dealkylation sites (tertiary alicyclic amines) is 1. The van der Waals surface area contributed by atoms with Gasteiger partial charge < -0.3 is 4.90 Å². The zero-order valence-corrected chi connectivity index (χ0v) is 11.3. The summed E-state index contributed by atoms with van der Waals surface area (Å²) in [5.41, 5.74) is 0.615. The van der Waals surface area contributed by atoms with Crippen molar-refractivity contribution in [2.45, 2.75) is 53.9 Å². The van der Waals surface area contributed by atoms with Crippen molar-refractivity contribution < 1.29 is 0 Å². The van der Waals surface area contributed by atoms with E-state index >= 15 is 0 Å². The standard InChI is InChI=1S/C14H29N/c1-6-9-15-10-7-14(8-11-15,12(2)3)13(4)5/h12-13H,6-11H2,1-5H3. The fourth-order valence-corrected chi connectivity index (χ4v) is 3.33. The lowest BCUT2D eigenvalue weighted by atomic mass is 9.63. The van der Waals surface area contributed by atoms with Gasteiger partial charge in [-0.2, -0.15) is 0 Å². The molecule has 0 saturated carbocycles. The van der Waals surface area contributed by atoms with Crippen LogP contribution in [0.2, 0.25) is 0 Å². The van der Waals surface area contributed by atoms with Crippen LogP contribution >= 0.6 is 0 Å². The Kier molecular flexibility index (Phi) is 4.64. The van der Waals surface area contributed by atoms with Gasteiger partial charge in [0.1, 0.15) is 0 Å². The molecule has 0 bridgehead atoms. The van der Waals surface area contributed by atoms with Crippen molar-refractivity contribution in [2.75, 3.05) is 19.6 Å². The first-order chi connectivity index (χ1) is 7.03. The summed E-state index contributed by atoms with van der Waals surface area (Å²) >= 11 is 0. The highest BCUT2D eigenvalue weighted by atomic mass is 15.1. The topological polar surface area (TPSA) is 3.24 Å². The van der Waals surface area contributed by atoms with Crippen molar-refractivity contribution in [3.63, 3.8) is 0 Å². The van der Waals surface area contributed by atoms with Crippen molar-refractivity contribution in [1.29, 1.82) is 0 Å². The number of nitrogens with zero attached hydrogens (tertiary/aromatic N) is 1. The quantitative estimate of drug-likeness (QED) is 0.684. The molecule has 1 rings (SSSR count). The number of hydrogen-bond donors (Lipinski definition) is 0. The van der Waals surface area contributed by atoms with Gasteiger partial charge in [0.2, 0.25) is 0 Å². The largest absolute Gasteiger partial charge is 0.303 e. The Labute approximate surface area is 96.2 Å². The van der Waals surface area contributed by atoms with E-state index in [1.165, 1.54) is 38.9 Å². The summed E-state index contributed by atoms with van der Waals surface area (Å²) in [6.07, 6.45) is 4.11. The second-order valence-corrected chi connectivity index (χ2v) is 5.88. The van der Waals surface area contributed by atoms with Crippen LogP contribution in [0.5, 0.6) is 0 Å². The van der Waals surface area contributed by atoms with E-state index in [0.717, 1.165) is 11.8 Å². The highest BCUT2D eigenvalue weighted by molar-refractivity contribution is 4.90. The fraction of sp³-hybridized carbons (Fsp3) is 1.00. The molecule has 1 fully saturated rings. The van der Waals surface area contributed by atoms with Crippen LogP contribution in [0.15, 0.2) is 0 Å². The van der Waals surface area contributed by atoms with E-state index in [0.29, 0.717) is 5.41 Å². The van der Waals surface area contributed by atoms with Crippen LogP contribution in [0.25, 0.3) is 0 Å². The Balaban J connectivity index is 2.58. The van der Waals surface area contributed by atoms with Crippen LogP contribution < -0.4 is 0 Å². The van der Waals surface area contributed by atoms with Gasteiger partial charge in [0, 0.05) is 0 Å². The van der Waals surface area contributed by atoms with Crippen molar-refractivity contribution in [3.8, 4) is 0 Å². The van der Waals surface area contributed by atoms with Crippen LogP contribution in [0.4, 0.5) is 0 Å². The third-order valence-electron chi connectivity index (χ3n) is 4.63. The molecule has 0 radical (unpaired) electrons. The second-order valence-electron chi connectivity index (χ2n) is 5.88. The van der Waals surface area contributed by atoms with Crippen molar-refractivity contribution in [3.05, 3.63) is 0 Å². The molecule has 1 nitrogen and oxygen atoms in total. The molecular formula is C14H29N. The molecule has 1 aliphatic rings. The average Bonchev–Trinajstić information content (AvgIpc) is 2.18. The Morgan fingerprint density at radius 3 is 1.80 bits per heavy atom. The minimum atomic E-state index is 0.615. The van der Waals surface area contributed by atoms with Crippen molar-refractivity contribution in [1.82, 2.24) is 4.90 Å². The lowest BCUT2D eigenvalue weighted by Crippen LogP contribution is -2.45. The molecule has 1 saturated heterocycles. The van der Waals surface area contributed by atoms with E-state index in [1.54, 1.807) is 0 Å². The van der Waals surface area contributed by atoms with Crippen molar-refractivity contribution >= 4 is 0 Å². The summed E-state index contributed by atoms with van der Waals surface area (Å²) in [5, 5.41) is 0. The van der Waals surface area contributed by atoms with Gasteiger partial charge >= 0.3 is 0 Å². The molecule has 0 atom stereocenters. The van der Waals surface area contributed by atoms with E-state index in [2.05, 4.69) is 39.5 Å². The van der Waals surface area contributed by atoms with E-state index in [1.807, 2.05) is 0 Å². The predicted molar refractivity (Wildman–Crippen MR) is 68.1 cm³/mol. The smallest absolute Gasteiger partial charge is 0.00132 e. The molecule has 0 aromatic heterocycles. The zero-order chi connectivity index (χ0) is 11.5. The maximum atomic E-state index is 2.64. The molecule has 0 unspecified atom stereocenters. The van der Waals surface area contributed by atoms with Crippen LogP contribution in [0.1, 0.15) is 53.9 Å². The normalized spacial score (nSPS) is 22.6. The maximum Gasteiger partial charge on any atom is -0.00132 e. The van der Waals surface area contributed by atoms with Crippen LogP contribution in [0.3, 0.4) is 0 Å². The third kappa shape index (κ3) is 2.75. The highest BCUT2D eigenvalue weighted by Crippen LogP contribution is 2.44. The van der Waals surface area contributed by atoms with Crippen LogP contribution in [0, 0.1) is 17.3 Å². The Morgan fingerprint density at radius 1 is 1.00 bits per heavy atom. The van der Waals surface area contributed by atoms with E-state index in [4.69, 9.17) is 0 Å². The van der Waals surface area contributed by atoms with Crippen LogP contribution in [-0.2, 0) is 0 Å². The molecule has 0 amide bonds. The lowest BCUT2D eigenvalue weighted by molar-refractivity contribution is 0.0195. The van der Waals surface area contributed by atoms with Gasteiger partial charge in [0.15, 0.2) is 0 Å². The lowest BCUT2D eigenvalue weighted by Gasteiger charge is -2.47. The predicted octanol–water partition coefficient (Wildman–Crippen LogP) is 3.79. The second kappa shape index (κ2) is 5.34. The summed E-state index contributed by atoms with van der Waals surface area (Å²) in [6, 6.07) is 0. The fourth-order valence-electron chi connectivity index (χ4n) is 3.33. The van der Waals surface area contributed by atoms with Gasteiger partial charge in [-0.05, 0) is 56.1 Å². The summed E-state index contributed by atoms with van der Waals surface area (Å²) in [6.45, 7) is 15.9. The van der Waals surface area contributed by atoms with Gasteiger partial charge in [0.25, 0.3) is 0 Å². The van der Waals surface area contributed by atoms with Crippen LogP contribution in [-0.4, -0.2) is 24.5 Å². The van der Waals surface area contributed by atoms with Crippen molar-refractivity contribution in [2.24, 2.45) is 17.3 Å². The molecule has 0 N–H and O–H groups in total. The number of rotatable bonds is 4. The molecule has 90 valence electrons. The summed E-state index contributed by atoms with van der Waals surface area (Å²) in [7, 11) is 0. The summed E-state index contributed by atoms with van der Waals surface area (Å²) < 4.78 is 0. The van der Waals surface area contributed by atoms with E-state index in [-0.39, 0.29) is 0 Å². The number of hydrogen-bond acceptors (Lipinski definition) is 1. The molecule has 1 heteroatoms. The molecular weight excluding hydrogens is 182 g/mol. The van der Waals surface area contributed by atoms with Gasteiger partial charge in [-0.15, -0.1) is 0 Å². The zero-order valence-electron chi connectivity index (χ0n) is 11.3. The van der Waals surface area contributed by atoms with E-state index in [9.17, 15) is 0 Å².